The number of urea groups is 1. The highest BCUT2D eigenvalue weighted by Crippen LogP contribution is 2.23. The van der Waals surface area contributed by atoms with Crippen molar-refractivity contribution in [1.82, 2.24) is 15.1 Å². The fraction of sp³-hybridized carbons (Fsp3) is 0.440. The fourth-order valence-corrected chi connectivity index (χ4v) is 4.41. The molecule has 2 aliphatic rings. The lowest BCUT2D eigenvalue weighted by Gasteiger charge is -2.35. The smallest absolute Gasteiger partial charge is 0.321 e. The molecule has 3 amide bonds. The van der Waals surface area contributed by atoms with Crippen LogP contribution in [0, 0.1) is 5.92 Å². The summed E-state index contributed by atoms with van der Waals surface area (Å²) in [6.45, 7) is 5.84. The molecule has 7 heteroatoms. The summed E-state index contributed by atoms with van der Waals surface area (Å²) in [7, 11) is 2.15. The van der Waals surface area contributed by atoms with E-state index < -0.39 is 0 Å². The number of piperidine rings is 1. The number of likely N-dealkylation sites (tertiary alicyclic amines) is 1. The third kappa shape index (κ3) is 5.59. The number of para-hydroxylation sites is 2. The van der Waals surface area contributed by atoms with Crippen LogP contribution in [0.15, 0.2) is 54.6 Å². The summed E-state index contributed by atoms with van der Waals surface area (Å²) in [6, 6.07) is 17.7. The van der Waals surface area contributed by atoms with Gasteiger partial charge in [0.2, 0.25) is 5.91 Å². The van der Waals surface area contributed by atoms with Gasteiger partial charge in [-0.1, -0.05) is 36.4 Å². The van der Waals surface area contributed by atoms with Gasteiger partial charge in [0.25, 0.3) is 0 Å². The quantitative estimate of drug-likeness (QED) is 0.758. The van der Waals surface area contributed by atoms with Crippen LogP contribution in [0.1, 0.15) is 18.4 Å². The summed E-state index contributed by atoms with van der Waals surface area (Å²) in [5.74, 6) is 0.0351. The Morgan fingerprint density at radius 2 is 1.53 bits per heavy atom. The molecule has 0 unspecified atom stereocenters. The molecule has 0 saturated carbocycles. The van der Waals surface area contributed by atoms with E-state index in [9.17, 15) is 9.59 Å². The van der Waals surface area contributed by atoms with E-state index >= 15 is 0 Å². The van der Waals surface area contributed by atoms with Gasteiger partial charge in [0.1, 0.15) is 0 Å². The van der Waals surface area contributed by atoms with Crippen molar-refractivity contribution in [2.24, 2.45) is 5.92 Å². The number of amides is 3. The van der Waals surface area contributed by atoms with Gasteiger partial charge in [0.05, 0.1) is 0 Å². The number of benzene rings is 2. The lowest BCUT2D eigenvalue weighted by Crippen LogP contribution is -2.45. The Bertz CT molecular complexity index is 904. The van der Waals surface area contributed by atoms with E-state index in [1.54, 1.807) is 4.90 Å². The number of hydrogen-bond donors (Lipinski definition) is 2. The molecule has 0 aromatic heterocycles. The van der Waals surface area contributed by atoms with E-state index in [1.807, 2.05) is 36.4 Å². The molecule has 0 aliphatic carbocycles. The van der Waals surface area contributed by atoms with Crippen LogP contribution in [0.2, 0.25) is 0 Å². The topological polar surface area (TPSA) is 67.9 Å². The molecule has 2 N–H and O–H groups in total. The van der Waals surface area contributed by atoms with E-state index in [0.717, 1.165) is 37.4 Å². The Morgan fingerprint density at radius 3 is 2.25 bits per heavy atom. The second kappa shape index (κ2) is 10.5. The second-order valence-electron chi connectivity index (χ2n) is 8.69. The molecule has 2 aromatic carbocycles. The van der Waals surface area contributed by atoms with Gasteiger partial charge in [-0.25, -0.2) is 4.79 Å². The fourth-order valence-electron chi connectivity index (χ4n) is 4.41. The highest BCUT2D eigenvalue weighted by molar-refractivity contribution is 5.89. The Morgan fingerprint density at radius 1 is 0.875 bits per heavy atom. The Labute approximate surface area is 190 Å². The van der Waals surface area contributed by atoms with E-state index in [0.29, 0.717) is 32.5 Å². The molecule has 0 bridgehead atoms. The molecule has 170 valence electrons. The van der Waals surface area contributed by atoms with Crippen LogP contribution in [0.3, 0.4) is 0 Å². The molecular weight excluding hydrogens is 402 g/mol. The summed E-state index contributed by atoms with van der Waals surface area (Å²) >= 11 is 0. The molecule has 7 nitrogen and oxygen atoms in total. The molecule has 0 atom stereocenters. The lowest BCUT2D eigenvalue weighted by molar-refractivity contribution is -0.126. The number of hydrogen-bond acceptors (Lipinski definition) is 4. The van der Waals surface area contributed by atoms with Crippen molar-refractivity contribution in [1.29, 1.82) is 0 Å². The van der Waals surface area contributed by atoms with Gasteiger partial charge in [0.15, 0.2) is 0 Å². The predicted octanol–water partition coefficient (Wildman–Crippen LogP) is 3.00. The molecule has 2 fully saturated rings. The molecule has 32 heavy (non-hydrogen) atoms. The zero-order valence-corrected chi connectivity index (χ0v) is 18.8. The standard InChI is InChI=1S/C25H33N5O2/c1-28-15-17-29(18-16-28)23-10-6-5-7-21(23)19-26-24(31)20-11-13-30(14-12-20)25(32)27-22-8-3-2-4-9-22/h2-10,20H,11-19H2,1H3,(H,26,31)(H,27,32). The number of rotatable bonds is 5. The molecule has 4 rings (SSSR count). The molecule has 0 radical (unpaired) electrons. The third-order valence-electron chi connectivity index (χ3n) is 6.47. The summed E-state index contributed by atoms with van der Waals surface area (Å²) in [6.07, 6.45) is 1.38. The molecular formula is C25H33N5O2. The Kier molecular flexibility index (Phi) is 7.27. The van der Waals surface area contributed by atoms with Gasteiger partial charge in [0, 0.05) is 63.1 Å². The van der Waals surface area contributed by atoms with Crippen LogP contribution >= 0.6 is 0 Å². The van der Waals surface area contributed by atoms with Crippen LogP contribution in [0.25, 0.3) is 0 Å². The summed E-state index contributed by atoms with van der Waals surface area (Å²) < 4.78 is 0. The molecule has 2 heterocycles. The van der Waals surface area contributed by atoms with Crippen molar-refractivity contribution in [2.75, 3.05) is 56.5 Å². The first-order valence-electron chi connectivity index (χ1n) is 11.5. The average molecular weight is 436 g/mol. The molecule has 2 aliphatic heterocycles. The lowest BCUT2D eigenvalue weighted by atomic mass is 9.96. The van der Waals surface area contributed by atoms with Gasteiger partial charge in [-0.05, 0) is 43.7 Å². The number of nitrogens with zero attached hydrogens (tertiary/aromatic N) is 3. The van der Waals surface area contributed by atoms with Crippen molar-refractivity contribution in [3.05, 3.63) is 60.2 Å². The van der Waals surface area contributed by atoms with Crippen LogP contribution in [0.5, 0.6) is 0 Å². The summed E-state index contributed by atoms with van der Waals surface area (Å²) in [5, 5.41) is 6.07. The van der Waals surface area contributed by atoms with Crippen molar-refractivity contribution in [3.63, 3.8) is 0 Å². The number of carbonyl (C=O) groups is 2. The van der Waals surface area contributed by atoms with Crippen molar-refractivity contribution in [3.8, 4) is 0 Å². The monoisotopic (exact) mass is 435 g/mol. The first kappa shape index (κ1) is 22.1. The molecule has 2 aromatic rings. The van der Waals surface area contributed by atoms with Gasteiger partial charge < -0.3 is 25.3 Å². The number of nitrogens with one attached hydrogen (secondary N) is 2. The summed E-state index contributed by atoms with van der Waals surface area (Å²) in [4.78, 5) is 31.8. The van der Waals surface area contributed by atoms with E-state index in [-0.39, 0.29) is 17.9 Å². The summed E-state index contributed by atoms with van der Waals surface area (Å²) in [5.41, 5.74) is 3.16. The average Bonchev–Trinajstić information content (AvgIpc) is 2.84. The van der Waals surface area contributed by atoms with Crippen LogP contribution in [0.4, 0.5) is 16.2 Å². The SMILES string of the molecule is CN1CCN(c2ccccc2CNC(=O)C2CCN(C(=O)Nc3ccccc3)CC2)CC1. The normalized spacial score (nSPS) is 17.8. The maximum Gasteiger partial charge on any atom is 0.321 e. The molecule has 2 saturated heterocycles. The zero-order chi connectivity index (χ0) is 22.3. The van der Waals surface area contributed by atoms with Gasteiger partial charge >= 0.3 is 6.03 Å². The van der Waals surface area contributed by atoms with E-state index in [1.165, 1.54) is 5.69 Å². The van der Waals surface area contributed by atoms with Crippen molar-refractivity contribution >= 4 is 23.3 Å². The highest BCUT2D eigenvalue weighted by atomic mass is 16.2. The number of anilines is 2. The zero-order valence-electron chi connectivity index (χ0n) is 18.8. The Hall–Kier alpha value is -3.06. The van der Waals surface area contributed by atoms with E-state index in [4.69, 9.17) is 0 Å². The Balaban J connectivity index is 1.26. The third-order valence-corrected chi connectivity index (χ3v) is 6.47. The first-order chi connectivity index (χ1) is 15.6. The van der Waals surface area contributed by atoms with Gasteiger partial charge in [-0.15, -0.1) is 0 Å². The predicted molar refractivity (Wildman–Crippen MR) is 128 cm³/mol. The van der Waals surface area contributed by atoms with Crippen LogP contribution in [-0.4, -0.2) is 68.1 Å². The highest BCUT2D eigenvalue weighted by Gasteiger charge is 2.27. The van der Waals surface area contributed by atoms with Crippen LogP contribution in [-0.2, 0) is 11.3 Å². The van der Waals surface area contributed by atoms with Crippen molar-refractivity contribution < 1.29 is 9.59 Å². The number of likely N-dealkylation sites (N-methyl/N-ethyl adjacent to an activating group) is 1. The molecule has 0 spiro atoms. The number of carbonyl (C=O) groups excluding carboxylic acids is 2. The largest absolute Gasteiger partial charge is 0.369 e. The first-order valence-corrected chi connectivity index (χ1v) is 11.5. The minimum atomic E-state index is -0.101. The number of piperazine rings is 1. The van der Waals surface area contributed by atoms with Gasteiger partial charge in [-0.3, -0.25) is 4.79 Å². The minimum Gasteiger partial charge on any atom is -0.369 e. The second-order valence-corrected chi connectivity index (χ2v) is 8.69. The van der Waals surface area contributed by atoms with Crippen LogP contribution < -0.4 is 15.5 Å². The van der Waals surface area contributed by atoms with Crippen molar-refractivity contribution in [2.45, 2.75) is 19.4 Å². The minimum absolute atomic E-state index is 0.0495. The van der Waals surface area contributed by atoms with E-state index in [2.05, 4.69) is 45.7 Å². The maximum atomic E-state index is 12.8. The van der Waals surface area contributed by atoms with Gasteiger partial charge in [-0.2, -0.15) is 0 Å². The maximum absolute atomic E-state index is 12.8.